The molecule has 1 fully saturated rings. The van der Waals surface area contributed by atoms with E-state index in [1.54, 1.807) is 0 Å². The molecule has 2 rings (SSSR count). The van der Waals surface area contributed by atoms with Crippen molar-refractivity contribution in [3.63, 3.8) is 0 Å². The molecule has 0 saturated carbocycles. The zero-order valence-corrected chi connectivity index (χ0v) is 22.4. The number of phosphoric acid groups is 2. The molecule has 1 aliphatic rings. The van der Waals surface area contributed by atoms with Crippen LogP contribution in [0.25, 0.3) is 0 Å². The molecule has 0 aliphatic carbocycles. The zero-order chi connectivity index (χ0) is 25.0. The Morgan fingerprint density at radius 3 is 2.36 bits per heavy atom. The molecule has 0 spiro atoms. The maximum atomic E-state index is 12.8. The Morgan fingerprint density at radius 1 is 1.19 bits per heavy atom. The number of ether oxygens (including phenoxy) is 1. The summed E-state index contributed by atoms with van der Waals surface area (Å²) < 4.78 is 36.2. The molecule has 1 aliphatic heterocycles. The number of aryl methyl sites for hydroxylation is 1. The van der Waals surface area contributed by atoms with Gasteiger partial charge in [-0.05, 0) is 26.3 Å². The van der Waals surface area contributed by atoms with Crippen molar-refractivity contribution in [3.8, 4) is 0 Å². The minimum Gasteiger partial charge on any atom is -0.790 e. The number of aromatic nitrogens is 2. The molecular formula is C16H24Li3N3O12P2. The van der Waals surface area contributed by atoms with Gasteiger partial charge in [0.1, 0.15) is 12.3 Å². The van der Waals surface area contributed by atoms with Gasteiger partial charge in [-0.15, -0.1) is 0 Å². The average molecular weight is 533 g/mol. The number of nitrogens with zero attached hydrogens (tertiary/aromatic N) is 2. The molecule has 1 aromatic rings. The normalized spacial score (nSPS) is 21.0. The molecule has 1 unspecified atom stereocenters. The first kappa shape index (κ1) is 38.4. The van der Waals surface area contributed by atoms with Crippen molar-refractivity contribution >= 4 is 21.6 Å². The molecule has 1 saturated heterocycles. The predicted octanol–water partition coefficient (Wildman–Crippen LogP) is -11.5. The Morgan fingerprint density at radius 2 is 1.81 bits per heavy atom. The maximum absolute atomic E-state index is 12.8. The molecular weight excluding hydrogens is 509 g/mol. The molecule has 0 aromatic carbocycles. The summed E-state index contributed by atoms with van der Waals surface area (Å²) in [6, 6.07) is 0. The third kappa shape index (κ3) is 11.2. The van der Waals surface area contributed by atoms with Gasteiger partial charge in [0.15, 0.2) is 0 Å². The van der Waals surface area contributed by atoms with Gasteiger partial charge in [0.05, 0.1) is 20.5 Å². The van der Waals surface area contributed by atoms with Crippen LogP contribution in [0.1, 0.15) is 48.7 Å². The topological polar surface area (TPSA) is 238 Å². The van der Waals surface area contributed by atoms with E-state index in [1.165, 1.54) is 6.92 Å². The van der Waals surface area contributed by atoms with Crippen LogP contribution in [0.4, 0.5) is 0 Å². The molecule has 1 aromatic heterocycles. The molecule has 0 amide bonds. The van der Waals surface area contributed by atoms with Crippen LogP contribution in [-0.2, 0) is 22.7 Å². The molecule has 15 nitrogen and oxygen atoms in total. The molecule has 4 atom stereocenters. The summed E-state index contributed by atoms with van der Waals surface area (Å²) in [7, 11) is -11.4. The molecule has 36 heavy (non-hydrogen) atoms. The van der Waals surface area contributed by atoms with Crippen LogP contribution in [0.2, 0.25) is 0 Å². The Bertz CT molecular complexity index is 1080. The summed E-state index contributed by atoms with van der Waals surface area (Å²) in [4.78, 5) is 70.0. The third-order valence-electron chi connectivity index (χ3n) is 4.74. The van der Waals surface area contributed by atoms with E-state index >= 15 is 0 Å². The number of nitrogens with two attached hydrogens (primary N) is 1. The smallest absolute Gasteiger partial charge is 0.790 e. The monoisotopic (exact) mass is 533 g/mol. The summed E-state index contributed by atoms with van der Waals surface area (Å²) in [6.45, 7) is 0.891. The van der Waals surface area contributed by atoms with E-state index in [2.05, 4.69) is 8.83 Å². The minimum atomic E-state index is -5.89. The second-order valence-electron chi connectivity index (χ2n) is 7.34. The summed E-state index contributed by atoms with van der Waals surface area (Å²) in [5.74, 6) is -0.720. The third-order valence-corrected chi connectivity index (χ3v) is 6.81. The minimum absolute atomic E-state index is 0. The van der Waals surface area contributed by atoms with Gasteiger partial charge in [-0.3, -0.25) is 23.0 Å². The number of hydrogen-bond acceptors (Lipinski definition) is 13. The fraction of sp³-hybridized carbons (Fsp3) is 0.688. The summed E-state index contributed by atoms with van der Waals surface area (Å²) in [5, 5.41) is 10.1. The summed E-state index contributed by atoms with van der Waals surface area (Å²) in [6.07, 6.45) is -1.38. The van der Waals surface area contributed by atoms with E-state index in [1.807, 2.05) is 0 Å². The van der Waals surface area contributed by atoms with Crippen molar-refractivity contribution in [2.24, 2.45) is 5.73 Å². The maximum Gasteiger partial charge on any atom is 1.00 e. The number of aliphatic hydroxyl groups is 1. The van der Waals surface area contributed by atoms with Crippen molar-refractivity contribution in [1.29, 1.82) is 0 Å². The van der Waals surface area contributed by atoms with Crippen LogP contribution >= 0.6 is 15.6 Å². The summed E-state index contributed by atoms with van der Waals surface area (Å²) in [5.41, 5.74) is 3.62. The SMILES string of the molecule is Cc1cn([C@H]2C[C@H](O)[C@@H](COP(=O)([O-])OP(=O)([O-])[O-])O2)c(=O)n(C(=O)CCCCCN)c1=O.[Li+].[Li+].[Li+]. The van der Waals surface area contributed by atoms with Gasteiger partial charge in [-0.2, -0.15) is 4.57 Å². The molecule has 3 N–H and O–H groups in total. The second-order valence-corrected chi connectivity index (χ2v) is 10.0. The van der Waals surface area contributed by atoms with Crippen molar-refractivity contribution in [2.75, 3.05) is 13.2 Å². The van der Waals surface area contributed by atoms with Gasteiger partial charge in [-0.25, -0.2) is 4.79 Å². The molecule has 20 heteroatoms. The average Bonchev–Trinajstić information content (AvgIpc) is 3.05. The van der Waals surface area contributed by atoms with E-state index in [9.17, 15) is 43.3 Å². The first-order valence-corrected chi connectivity index (χ1v) is 12.8. The van der Waals surface area contributed by atoms with Gasteiger partial charge < -0.3 is 39.3 Å². The number of unbranched alkanes of at least 4 members (excludes halogenated alkanes) is 2. The first-order chi connectivity index (χ1) is 15.3. The van der Waals surface area contributed by atoms with E-state index in [-0.39, 0.29) is 75.0 Å². The van der Waals surface area contributed by atoms with Gasteiger partial charge in [0.2, 0.25) is 5.91 Å². The van der Waals surface area contributed by atoms with Crippen LogP contribution in [0.5, 0.6) is 0 Å². The number of rotatable bonds is 11. The standard InChI is InChI=1S/C16H27N3O12P2.3Li/c1-10-8-18(16(23)19(15(10)22)13(21)5-3-2-4-6-17)14-7-11(20)12(30-14)9-29-33(27,28)31-32(24,25)26;;;/h8,11-12,14,20H,2-7,9,17H2,1H3,(H,27,28)(H2,24,25,26);;;/q;3*+1/p-3/t11-,12+,14+;;;/m0.../s1. The van der Waals surface area contributed by atoms with Crippen molar-refractivity contribution in [3.05, 3.63) is 32.6 Å². The molecule has 188 valence electrons. The quantitative estimate of drug-likeness (QED) is 0.153. The van der Waals surface area contributed by atoms with E-state index in [0.29, 0.717) is 30.4 Å². The van der Waals surface area contributed by atoms with Crippen LogP contribution in [-0.4, -0.2) is 45.5 Å². The van der Waals surface area contributed by atoms with E-state index in [0.717, 1.165) is 10.8 Å². The Balaban J connectivity index is 0. The van der Waals surface area contributed by atoms with Crippen molar-refractivity contribution in [2.45, 2.75) is 57.5 Å². The Kier molecular flexibility index (Phi) is 17.5. The second kappa shape index (κ2) is 16.4. The zero-order valence-electron chi connectivity index (χ0n) is 20.6. The van der Waals surface area contributed by atoms with Crippen LogP contribution in [0, 0.1) is 6.92 Å². The Labute approximate surface area is 242 Å². The Hall–Kier alpha value is 0.282. The van der Waals surface area contributed by atoms with Crippen molar-refractivity contribution in [1.82, 2.24) is 9.13 Å². The van der Waals surface area contributed by atoms with Gasteiger partial charge in [0.25, 0.3) is 13.4 Å². The predicted molar refractivity (Wildman–Crippen MR) is 105 cm³/mol. The fourth-order valence-corrected chi connectivity index (χ4v) is 4.68. The fourth-order valence-electron chi connectivity index (χ4n) is 3.18. The first-order valence-electron chi connectivity index (χ1n) is 9.86. The number of hydrogen-bond donors (Lipinski definition) is 2. The molecule has 0 bridgehead atoms. The number of carbonyl (C=O) groups excluding carboxylic acids is 1. The van der Waals surface area contributed by atoms with Gasteiger partial charge >= 0.3 is 62.3 Å². The van der Waals surface area contributed by atoms with E-state index in [4.69, 9.17) is 10.5 Å². The number of aliphatic hydroxyl groups excluding tert-OH is 1. The van der Waals surface area contributed by atoms with Gasteiger partial charge in [-0.1, -0.05) is 6.42 Å². The van der Waals surface area contributed by atoms with Gasteiger partial charge in [0, 0.05) is 24.6 Å². The van der Waals surface area contributed by atoms with Crippen LogP contribution < -0.4 is 88.2 Å². The van der Waals surface area contributed by atoms with E-state index < -0.39 is 57.8 Å². The largest absolute Gasteiger partial charge is 1.00 e. The molecule has 2 heterocycles. The van der Waals surface area contributed by atoms with Crippen molar-refractivity contribution < 1.29 is 104 Å². The van der Waals surface area contributed by atoms with Crippen LogP contribution in [0.15, 0.2) is 15.8 Å². The summed E-state index contributed by atoms with van der Waals surface area (Å²) >= 11 is 0. The number of carbonyl (C=O) groups is 1. The number of phosphoric ester groups is 1. The molecule has 0 radical (unpaired) electrons. The van der Waals surface area contributed by atoms with Crippen LogP contribution in [0.3, 0.4) is 0 Å².